The van der Waals surface area contributed by atoms with Crippen molar-refractivity contribution in [1.29, 1.82) is 0 Å². The Morgan fingerprint density at radius 2 is 0.290 bits per heavy atom. The largest absolute Gasteiger partial charge is 0.166 e. The molecule has 0 aliphatic heterocycles. The van der Waals surface area contributed by atoms with Gasteiger partial charge in [-0.25, -0.2) is 0 Å². The Kier molecular flexibility index (Phi) is 18.4. The molecule has 9 aromatic rings. The van der Waals surface area contributed by atoms with E-state index >= 15 is 0 Å². The van der Waals surface area contributed by atoms with Crippen LogP contribution in [0.2, 0.25) is 0 Å². The van der Waals surface area contributed by atoms with Gasteiger partial charge in [-0.05, 0) is 109 Å². The van der Waals surface area contributed by atoms with E-state index < -0.39 is 20.1 Å². The van der Waals surface area contributed by atoms with E-state index in [-0.39, 0.29) is 32.7 Å². The molecule has 0 bridgehead atoms. The predicted octanol–water partition coefficient (Wildman–Crippen LogP) is 10.3. The van der Waals surface area contributed by atoms with Crippen molar-refractivity contribution in [1.82, 2.24) is 0 Å². The Labute approximate surface area is 380 Å². The zero-order valence-electron chi connectivity index (χ0n) is 33.8. The first-order valence-corrected chi connectivity index (χ1v) is 27.6. The molecule has 0 saturated carbocycles. The average molecular weight is 976 g/mol. The van der Waals surface area contributed by atoms with Crippen molar-refractivity contribution in [3.63, 3.8) is 0 Å². The normalized spacial score (nSPS) is 10.7. The topological polar surface area (TPSA) is 86.2 Å². The van der Waals surface area contributed by atoms with Crippen molar-refractivity contribution in [2.45, 2.75) is 44.1 Å². The smallest absolute Gasteiger partial charge is 0.0619 e. The molecule has 0 saturated heterocycles. The second-order valence-corrected chi connectivity index (χ2v) is 21.8. The average Bonchev–Trinajstić information content (AvgIpc) is 3.32. The molecular weight excluding hydrogens is 931 g/mol. The second-order valence-electron chi connectivity index (χ2n) is 13.2. The fourth-order valence-electron chi connectivity index (χ4n) is 6.23. The summed E-state index contributed by atoms with van der Waals surface area (Å²) in [5, 5.41) is 0. The SMILES string of the molecule is [O]=[Sb]([O-])([O-])[O-].c1ccc([S+](c2ccccc2)c2ccccc2)cc1.c1ccc([S+](c2ccccc2)c2ccccc2)cc1.c1ccc([S+](c2ccccc2)c2ccccc2)cc1. The molecule has 0 heterocycles. The van der Waals surface area contributed by atoms with Crippen LogP contribution >= 0.6 is 0 Å². The van der Waals surface area contributed by atoms with Crippen molar-refractivity contribution in [2.24, 2.45) is 0 Å². The van der Waals surface area contributed by atoms with Gasteiger partial charge in [0.05, 0.1) is 32.7 Å². The first-order chi connectivity index (χ1) is 30.3. The van der Waals surface area contributed by atoms with E-state index in [1.54, 1.807) is 0 Å². The standard InChI is InChI=1S/3C18H15S.4O.Sb/c3*1-4-10-16(11-5-1)19(17-12-6-2-7-13-17)18-14-8-3-9-15-18;;;;;/h3*1-15H;;;;;/q3*+1;;3*-1;. The van der Waals surface area contributed by atoms with Gasteiger partial charge in [-0.3, -0.25) is 0 Å². The van der Waals surface area contributed by atoms with Crippen LogP contribution in [0.5, 0.6) is 0 Å². The minimum atomic E-state index is -6.10. The summed E-state index contributed by atoms with van der Waals surface area (Å²) in [4.78, 5) is 12.2. The van der Waals surface area contributed by atoms with Gasteiger partial charge in [0.15, 0.2) is 44.1 Å². The number of benzene rings is 9. The van der Waals surface area contributed by atoms with Gasteiger partial charge in [-0.15, -0.1) is 0 Å². The van der Waals surface area contributed by atoms with Gasteiger partial charge in [-0.2, -0.15) is 0 Å². The van der Waals surface area contributed by atoms with Crippen molar-refractivity contribution in [3.8, 4) is 0 Å². The summed E-state index contributed by atoms with van der Waals surface area (Å²) in [6.07, 6.45) is 0. The Bertz CT molecular complexity index is 2040. The van der Waals surface area contributed by atoms with Crippen LogP contribution in [0.25, 0.3) is 0 Å². The van der Waals surface area contributed by atoms with Gasteiger partial charge in [0, 0.05) is 0 Å². The first-order valence-electron chi connectivity index (χ1n) is 19.8. The zero-order chi connectivity index (χ0) is 43.2. The van der Waals surface area contributed by atoms with Gasteiger partial charge >= 0.3 is 33.2 Å². The van der Waals surface area contributed by atoms with Gasteiger partial charge in [0.25, 0.3) is 0 Å². The maximum atomic E-state index is 8.64. The monoisotopic (exact) mass is 974 g/mol. The molecule has 9 aromatic carbocycles. The van der Waals surface area contributed by atoms with E-state index in [2.05, 4.69) is 273 Å². The van der Waals surface area contributed by atoms with Crippen LogP contribution in [0.15, 0.2) is 317 Å². The van der Waals surface area contributed by atoms with Crippen LogP contribution < -0.4 is 10.2 Å². The molecule has 0 fully saturated rings. The molecular formula is C54H45O4S3Sb. The molecule has 0 aromatic heterocycles. The third-order valence-corrected chi connectivity index (χ3v) is 15.5. The molecule has 4 nitrogen and oxygen atoms in total. The molecule has 8 heteroatoms. The molecule has 0 aliphatic carbocycles. The van der Waals surface area contributed by atoms with Crippen LogP contribution in [0.1, 0.15) is 0 Å². The fourth-order valence-corrected chi connectivity index (χ4v) is 12.5. The number of hydrogen-bond donors (Lipinski definition) is 0. The van der Waals surface area contributed by atoms with Gasteiger partial charge < -0.3 is 0 Å². The second kappa shape index (κ2) is 24.8. The molecule has 308 valence electrons. The van der Waals surface area contributed by atoms with Gasteiger partial charge in [0.1, 0.15) is 0 Å². The van der Waals surface area contributed by atoms with Crippen LogP contribution in [0.4, 0.5) is 0 Å². The van der Waals surface area contributed by atoms with Crippen molar-refractivity contribution in [2.75, 3.05) is 0 Å². The Hall–Kier alpha value is -5.47. The summed E-state index contributed by atoms with van der Waals surface area (Å²) < 4.78 is 34.6. The Balaban J connectivity index is 0.000000147. The van der Waals surface area contributed by atoms with Crippen LogP contribution in [-0.2, 0) is 35.7 Å². The maximum Gasteiger partial charge on any atom is 0.166 e. The summed E-state index contributed by atoms with van der Waals surface area (Å²) >= 11 is -6.10. The first kappa shape index (κ1) is 46.0. The van der Waals surface area contributed by atoms with Crippen molar-refractivity contribution >= 4 is 52.7 Å². The fraction of sp³-hybridized carbons (Fsp3) is 0. The summed E-state index contributed by atoms with van der Waals surface area (Å²) in [6, 6.07) is 96.5. The third-order valence-electron chi connectivity index (χ3n) is 8.81. The molecule has 0 N–H and O–H groups in total. The summed E-state index contributed by atoms with van der Waals surface area (Å²) in [5.74, 6) is 0. The van der Waals surface area contributed by atoms with E-state index in [4.69, 9.17) is 13.2 Å². The van der Waals surface area contributed by atoms with E-state index in [1.165, 1.54) is 44.1 Å². The van der Waals surface area contributed by atoms with Crippen molar-refractivity contribution in [3.05, 3.63) is 273 Å². The number of hydrogen-bond acceptors (Lipinski definition) is 4. The van der Waals surface area contributed by atoms with Gasteiger partial charge in [-0.1, -0.05) is 164 Å². The van der Waals surface area contributed by atoms with Crippen molar-refractivity contribution < 1.29 is 13.2 Å². The minimum Gasteiger partial charge on any atom is -0.0619 e. The molecule has 9 rings (SSSR count). The Morgan fingerprint density at radius 1 is 0.210 bits per heavy atom. The third kappa shape index (κ3) is 14.9. The summed E-state index contributed by atoms with van der Waals surface area (Å²) in [7, 11) is -0.0439. The number of rotatable bonds is 9. The summed E-state index contributed by atoms with van der Waals surface area (Å²) in [6.45, 7) is 0. The quantitative estimate of drug-likeness (QED) is 0.107. The zero-order valence-corrected chi connectivity index (χ0v) is 38.8. The molecule has 0 radical (unpaired) electrons. The van der Waals surface area contributed by atoms with E-state index in [9.17, 15) is 0 Å². The van der Waals surface area contributed by atoms with Gasteiger partial charge in [0.2, 0.25) is 0 Å². The molecule has 62 heavy (non-hydrogen) atoms. The minimum absolute atomic E-state index is 0.0146. The van der Waals surface area contributed by atoms with Crippen LogP contribution in [0.3, 0.4) is 0 Å². The van der Waals surface area contributed by atoms with E-state index in [0.717, 1.165) is 0 Å². The van der Waals surface area contributed by atoms with E-state index in [1.807, 2.05) is 0 Å². The molecule has 0 unspecified atom stereocenters. The molecule has 0 spiro atoms. The summed E-state index contributed by atoms with van der Waals surface area (Å²) in [5.41, 5.74) is 0. The predicted molar refractivity (Wildman–Crippen MR) is 251 cm³/mol. The van der Waals surface area contributed by atoms with Crippen LogP contribution in [0, 0.1) is 0 Å². The molecule has 0 aliphatic rings. The molecule has 0 amide bonds. The molecule has 0 atom stereocenters. The maximum absolute atomic E-state index is 8.64. The van der Waals surface area contributed by atoms with E-state index in [0.29, 0.717) is 0 Å². The Morgan fingerprint density at radius 3 is 0.371 bits per heavy atom. The van der Waals surface area contributed by atoms with Crippen LogP contribution in [-0.4, -0.2) is 20.1 Å².